The molecule has 0 saturated carbocycles. The molecule has 1 atom stereocenters. The highest BCUT2D eigenvalue weighted by atomic mass is 35.5. The molecule has 4 heteroatoms. The van der Waals surface area contributed by atoms with Gasteiger partial charge < -0.3 is 11.5 Å². The van der Waals surface area contributed by atoms with E-state index in [2.05, 4.69) is 0 Å². The highest BCUT2D eigenvalue weighted by Crippen LogP contribution is 1.77. The summed E-state index contributed by atoms with van der Waals surface area (Å²) in [4.78, 5) is 0. The topological polar surface area (TPSA) is 52.0 Å². The zero-order valence-corrected chi connectivity index (χ0v) is 6.60. The van der Waals surface area contributed by atoms with E-state index in [1.54, 1.807) is 0 Å². The van der Waals surface area contributed by atoms with E-state index in [0.717, 1.165) is 6.42 Å². The molecule has 4 N–H and O–H groups in total. The predicted molar refractivity (Wildman–Crippen MR) is 41.8 cm³/mol. The van der Waals surface area contributed by atoms with Crippen LogP contribution < -0.4 is 11.5 Å². The van der Waals surface area contributed by atoms with Crippen LogP contribution >= 0.6 is 24.8 Å². The first-order valence-electron chi connectivity index (χ1n) is 2.27. The molecular formula is C4H14Cl2N2. The molecule has 0 radical (unpaired) electrons. The van der Waals surface area contributed by atoms with Gasteiger partial charge in [0.05, 0.1) is 0 Å². The first-order valence-corrected chi connectivity index (χ1v) is 2.27. The van der Waals surface area contributed by atoms with Crippen LogP contribution in [0.2, 0.25) is 0 Å². The lowest BCUT2D eigenvalue weighted by Gasteiger charge is -1.99. The number of hydrogen-bond acceptors (Lipinski definition) is 2. The van der Waals surface area contributed by atoms with Gasteiger partial charge in [-0.05, 0) is 6.42 Å². The second-order valence-corrected chi connectivity index (χ2v) is 1.40. The van der Waals surface area contributed by atoms with Crippen molar-refractivity contribution >= 4 is 24.8 Å². The van der Waals surface area contributed by atoms with E-state index in [-0.39, 0.29) is 30.9 Å². The Labute approximate surface area is 62.8 Å². The minimum absolute atomic E-state index is 0. The summed E-state index contributed by atoms with van der Waals surface area (Å²) in [5, 5.41) is 0. The summed E-state index contributed by atoms with van der Waals surface area (Å²) in [7, 11) is 0. The molecule has 54 valence electrons. The maximum atomic E-state index is 5.35. The molecule has 8 heavy (non-hydrogen) atoms. The first kappa shape index (κ1) is 15.8. The van der Waals surface area contributed by atoms with Crippen molar-refractivity contribution < 1.29 is 0 Å². The zero-order valence-electron chi connectivity index (χ0n) is 4.96. The molecule has 0 aliphatic carbocycles. The monoisotopic (exact) mass is 160 g/mol. The van der Waals surface area contributed by atoms with E-state index < -0.39 is 0 Å². The summed E-state index contributed by atoms with van der Waals surface area (Å²) in [6.45, 7) is 2.63. The zero-order chi connectivity index (χ0) is 4.99. The van der Waals surface area contributed by atoms with E-state index in [1.807, 2.05) is 6.92 Å². The van der Waals surface area contributed by atoms with Gasteiger partial charge in [0.15, 0.2) is 0 Å². The third kappa shape index (κ3) is 9.71. The van der Waals surface area contributed by atoms with Gasteiger partial charge in [0.1, 0.15) is 0 Å². The Bertz CT molecular complexity index is 31.2. The minimum Gasteiger partial charge on any atom is -0.329 e. The highest BCUT2D eigenvalue weighted by molar-refractivity contribution is 5.85. The molecule has 0 aromatic heterocycles. The SMILES string of the molecule is CCC(N)CN.Cl.Cl. The lowest BCUT2D eigenvalue weighted by Crippen LogP contribution is -2.28. The van der Waals surface area contributed by atoms with Gasteiger partial charge in [0.25, 0.3) is 0 Å². The quantitative estimate of drug-likeness (QED) is 0.620. The van der Waals surface area contributed by atoms with Crippen molar-refractivity contribution in [2.45, 2.75) is 19.4 Å². The summed E-state index contributed by atoms with van der Waals surface area (Å²) < 4.78 is 0. The molecule has 0 rings (SSSR count). The molecule has 2 nitrogen and oxygen atoms in total. The summed E-state index contributed by atoms with van der Waals surface area (Å²) in [5.74, 6) is 0. The van der Waals surface area contributed by atoms with Crippen LogP contribution in [0.4, 0.5) is 0 Å². The van der Waals surface area contributed by atoms with Crippen LogP contribution in [0.5, 0.6) is 0 Å². The standard InChI is InChI=1S/C4H12N2.2ClH/c1-2-4(6)3-5;;/h4H,2-3,5-6H2,1H3;2*1H. The van der Waals surface area contributed by atoms with Crippen molar-refractivity contribution in [1.29, 1.82) is 0 Å². The molecular weight excluding hydrogens is 147 g/mol. The number of halogens is 2. The third-order valence-corrected chi connectivity index (χ3v) is 0.827. The Morgan fingerprint density at radius 2 is 1.75 bits per heavy atom. The molecule has 1 unspecified atom stereocenters. The maximum absolute atomic E-state index is 5.35. The minimum atomic E-state index is 0. The summed E-state index contributed by atoms with van der Waals surface area (Å²) in [6.07, 6.45) is 0.983. The van der Waals surface area contributed by atoms with Gasteiger partial charge in [-0.15, -0.1) is 24.8 Å². The van der Waals surface area contributed by atoms with Crippen LogP contribution in [0.25, 0.3) is 0 Å². The molecule has 0 aromatic rings. The van der Waals surface area contributed by atoms with Crippen LogP contribution in [0.1, 0.15) is 13.3 Å². The van der Waals surface area contributed by atoms with Crippen LogP contribution in [-0.4, -0.2) is 12.6 Å². The molecule has 0 bridgehead atoms. The average Bonchev–Trinajstić information content (AvgIpc) is 1.65. The van der Waals surface area contributed by atoms with Crippen molar-refractivity contribution in [3.05, 3.63) is 0 Å². The van der Waals surface area contributed by atoms with E-state index in [4.69, 9.17) is 11.5 Å². The molecule has 0 aliphatic heterocycles. The van der Waals surface area contributed by atoms with E-state index in [1.165, 1.54) is 0 Å². The molecule has 0 saturated heterocycles. The second kappa shape index (κ2) is 10.5. The van der Waals surface area contributed by atoms with Gasteiger partial charge >= 0.3 is 0 Å². The number of hydrogen-bond donors (Lipinski definition) is 2. The normalized spacial score (nSPS) is 10.9. The molecule has 0 heterocycles. The average molecular weight is 161 g/mol. The van der Waals surface area contributed by atoms with Gasteiger partial charge in [-0.3, -0.25) is 0 Å². The molecule has 0 spiro atoms. The highest BCUT2D eigenvalue weighted by Gasteiger charge is 1.88. The predicted octanol–water partition coefficient (Wildman–Crippen LogP) is 0.526. The van der Waals surface area contributed by atoms with Crippen molar-refractivity contribution in [3.63, 3.8) is 0 Å². The largest absolute Gasteiger partial charge is 0.329 e. The van der Waals surface area contributed by atoms with Crippen molar-refractivity contribution in [2.75, 3.05) is 6.54 Å². The van der Waals surface area contributed by atoms with Gasteiger partial charge in [-0.2, -0.15) is 0 Å². The van der Waals surface area contributed by atoms with E-state index in [9.17, 15) is 0 Å². The summed E-state index contributed by atoms with van der Waals surface area (Å²) in [6, 6.07) is 0.213. The number of nitrogens with two attached hydrogens (primary N) is 2. The maximum Gasteiger partial charge on any atom is 0.0160 e. The summed E-state index contributed by atoms with van der Waals surface area (Å²) in [5.41, 5.74) is 10.5. The van der Waals surface area contributed by atoms with E-state index in [0.29, 0.717) is 6.54 Å². The van der Waals surface area contributed by atoms with Crippen molar-refractivity contribution in [1.82, 2.24) is 0 Å². The van der Waals surface area contributed by atoms with E-state index >= 15 is 0 Å². The molecule has 0 fully saturated rings. The fourth-order valence-electron chi connectivity index (χ4n) is 0.167. The molecule has 0 aliphatic rings. The lowest BCUT2D eigenvalue weighted by molar-refractivity contribution is 0.660. The number of rotatable bonds is 2. The Morgan fingerprint density at radius 3 is 1.75 bits per heavy atom. The Hall–Kier alpha value is 0.500. The Morgan fingerprint density at radius 1 is 1.38 bits per heavy atom. The molecule has 0 aromatic carbocycles. The third-order valence-electron chi connectivity index (χ3n) is 0.827. The van der Waals surface area contributed by atoms with Crippen LogP contribution in [-0.2, 0) is 0 Å². The van der Waals surface area contributed by atoms with Gasteiger partial charge in [-0.25, -0.2) is 0 Å². The van der Waals surface area contributed by atoms with Gasteiger partial charge in [0.2, 0.25) is 0 Å². The van der Waals surface area contributed by atoms with Crippen LogP contribution in [0.3, 0.4) is 0 Å². The van der Waals surface area contributed by atoms with Crippen LogP contribution in [0, 0.1) is 0 Å². The van der Waals surface area contributed by atoms with Crippen molar-refractivity contribution in [2.24, 2.45) is 11.5 Å². The molecule has 0 amide bonds. The van der Waals surface area contributed by atoms with Crippen LogP contribution in [0.15, 0.2) is 0 Å². The smallest absolute Gasteiger partial charge is 0.0160 e. The fraction of sp³-hybridized carbons (Fsp3) is 1.00. The lowest BCUT2D eigenvalue weighted by atomic mass is 10.2. The fourth-order valence-corrected chi connectivity index (χ4v) is 0.167. The summed E-state index contributed by atoms with van der Waals surface area (Å²) >= 11 is 0. The van der Waals surface area contributed by atoms with Gasteiger partial charge in [0, 0.05) is 12.6 Å². The van der Waals surface area contributed by atoms with Gasteiger partial charge in [-0.1, -0.05) is 6.92 Å². The van der Waals surface area contributed by atoms with Crippen molar-refractivity contribution in [3.8, 4) is 0 Å². The Balaban J connectivity index is -0.000000125. The first-order chi connectivity index (χ1) is 2.81. The second-order valence-electron chi connectivity index (χ2n) is 1.40. The Kier molecular flexibility index (Phi) is 20.7.